The van der Waals surface area contributed by atoms with E-state index >= 15 is 0 Å². The van der Waals surface area contributed by atoms with Crippen LogP contribution in [0.4, 0.5) is 0 Å². The third-order valence-corrected chi connectivity index (χ3v) is 3.77. The van der Waals surface area contributed by atoms with Crippen LogP contribution in [0.1, 0.15) is 43.0 Å². The minimum absolute atomic E-state index is 0.410. The predicted molar refractivity (Wildman–Crippen MR) is 80.2 cm³/mol. The number of hydrogen-bond donors (Lipinski definition) is 0. The quantitative estimate of drug-likeness (QED) is 0.810. The van der Waals surface area contributed by atoms with Gasteiger partial charge in [-0.05, 0) is 37.8 Å². The maximum atomic E-state index is 5.53. The molecule has 0 fully saturated rings. The van der Waals surface area contributed by atoms with Crippen molar-refractivity contribution in [3.63, 3.8) is 0 Å². The third-order valence-electron chi connectivity index (χ3n) is 3.77. The minimum Gasteiger partial charge on any atom is -0.496 e. The van der Waals surface area contributed by atoms with E-state index in [1.54, 1.807) is 7.11 Å². The molecule has 0 saturated heterocycles. The summed E-state index contributed by atoms with van der Waals surface area (Å²) < 4.78 is 7.40. The van der Waals surface area contributed by atoms with Crippen LogP contribution in [-0.2, 0) is 13.0 Å². The number of benzene rings is 1. The van der Waals surface area contributed by atoms with Crippen molar-refractivity contribution in [3.8, 4) is 5.75 Å². The molecule has 0 spiro atoms. The van der Waals surface area contributed by atoms with E-state index in [-0.39, 0.29) is 0 Å². The van der Waals surface area contributed by atoms with Crippen molar-refractivity contribution in [2.75, 3.05) is 7.11 Å². The molecule has 1 atom stereocenters. The molecule has 1 heterocycles. The van der Waals surface area contributed by atoms with Crippen molar-refractivity contribution in [1.82, 2.24) is 15.0 Å². The molecule has 0 N–H and O–H groups in total. The van der Waals surface area contributed by atoms with Crippen LogP contribution < -0.4 is 4.74 Å². The zero-order valence-electron chi connectivity index (χ0n) is 12.8. The van der Waals surface area contributed by atoms with Crippen LogP contribution in [0.15, 0.2) is 24.4 Å². The standard InChI is InChI=1S/C16H23N3O/c1-5-13(10-14-11-19(6-2)18-17-14)16-12(3)8-7-9-15(16)20-4/h7-9,11,13H,5-6,10H2,1-4H3. The fraction of sp³-hybridized carbons (Fsp3) is 0.500. The molecule has 0 saturated carbocycles. The number of hydrogen-bond acceptors (Lipinski definition) is 3. The molecule has 2 rings (SSSR count). The number of aromatic nitrogens is 3. The van der Waals surface area contributed by atoms with Gasteiger partial charge in [-0.2, -0.15) is 0 Å². The van der Waals surface area contributed by atoms with Crippen LogP contribution in [0.5, 0.6) is 5.75 Å². The van der Waals surface area contributed by atoms with Crippen molar-refractivity contribution in [1.29, 1.82) is 0 Å². The highest BCUT2D eigenvalue weighted by atomic mass is 16.5. The lowest BCUT2D eigenvalue weighted by atomic mass is 9.88. The molecule has 4 nitrogen and oxygen atoms in total. The summed E-state index contributed by atoms with van der Waals surface area (Å²) in [5.74, 6) is 1.38. The second kappa shape index (κ2) is 6.55. The van der Waals surface area contributed by atoms with Gasteiger partial charge in [0.25, 0.3) is 0 Å². The average molecular weight is 273 g/mol. The molecule has 0 amide bonds. The maximum absolute atomic E-state index is 5.53. The third kappa shape index (κ3) is 3.00. The summed E-state index contributed by atoms with van der Waals surface area (Å²) in [4.78, 5) is 0. The Labute approximate surface area is 120 Å². The Bertz CT molecular complexity index is 563. The highest BCUT2D eigenvalue weighted by Gasteiger charge is 2.18. The topological polar surface area (TPSA) is 39.9 Å². The van der Waals surface area contributed by atoms with E-state index in [4.69, 9.17) is 4.74 Å². The number of aryl methyl sites for hydroxylation is 2. The molecule has 1 aromatic heterocycles. The smallest absolute Gasteiger partial charge is 0.122 e. The Morgan fingerprint density at radius 1 is 1.30 bits per heavy atom. The van der Waals surface area contributed by atoms with Gasteiger partial charge in [-0.25, -0.2) is 0 Å². The molecule has 4 heteroatoms. The Balaban J connectivity index is 2.28. The number of rotatable bonds is 6. The first-order valence-electron chi connectivity index (χ1n) is 7.22. The van der Waals surface area contributed by atoms with Crippen molar-refractivity contribution in [2.45, 2.75) is 46.1 Å². The predicted octanol–water partition coefficient (Wildman–Crippen LogP) is 3.35. The molecule has 20 heavy (non-hydrogen) atoms. The number of nitrogens with zero attached hydrogens (tertiary/aromatic N) is 3. The highest BCUT2D eigenvalue weighted by Crippen LogP contribution is 2.33. The summed E-state index contributed by atoms with van der Waals surface area (Å²) in [6.07, 6.45) is 3.99. The first kappa shape index (κ1) is 14.6. The van der Waals surface area contributed by atoms with Crippen molar-refractivity contribution in [2.24, 2.45) is 0 Å². The van der Waals surface area contributed by atoms with Crippen LogP contribution in [0.3, 0.4) is 0 Å². The average Bonchev–Trinajstić information content (AvgIpc) is 2.92. The molecule has 0 aliphatic rings. The zero-order valence-corrected chi connectivity index (χ0v) is 12.8. The fourth-order valence-electron chi connectivity index (χ4n) is 2.64. The van der Waals surface area contributed by atoms with Gasteiger partial charge in [0.2, 0.25) is 0 Å². The van der Waals surface area contributed by atoms with Gasteiger partial charge in [0, 0.05) is 24.7 Å². The lowest BCUT2D eigenvalue weighted by molar-refractivity contribution is 0.403. The zero-order chi connectivity index (χ0) is 14.5. The molecule has 0 radical (unpaired) electrons. The van der Waals surface area contributed by atoms with Gasteiger partial charge in [0.05, 0.1) is 12.8 Å². The first-order chi connectivity index (χ1) is 9.69. The molecule has 0 aliphatic heterocycles. The van der Waals surface area contributed by atoms with Crippen LogP contribution in [0.25, 0.3) is 0 Å². The largest absolute Gasteiger partial charge is 0.496 e. The van der Waals surface area contributed by atoms with Crippen molar-refractivity contribution in [3.05, 3.63) is 41.2 Å². The first-order valence-corrected chi connectivity index (χ1v) is 7.22. The molecule has 1 unspecified atom stereocenters. The normalized spacial score (nSPS) is 12.4. The van der Waals surface area contributed by atoms with Gasteiger partial charge in [0.15, 0.2) is 0 Å². The Morgan fingerprint density at radius 3 is 2.70 bits per heavy atom. The van der Waals surface area contributed by atoms with Crippen LogP contribution in [0, 0.1) is 6.92 Å². The van der Waals surface area contributed by atoms with E-state index in [1.165, 1.54) is 11.1 Å². The van der Waals surface area contributed by atoms with E-state index in [9.17, 15) is 0 Å². The maximum Gasteiger partial charge on any atom is 0.122 e. The van der Waals surface area contributed by atoms with E-state index in [1.807, 2.05) is 23.0 Å². The molecular formula is C16H23N3O. The summed E-state index contributed by atoms with van der Waals surface area (Å²) in [5, 5.41) is 8.37. The van der Waals surface area contributed by atoms with Crippen LogP contribution in [-0.4, -0.2) is 22.1 Å². The molecule has 108 valence electrons. The summed E-state index contributed by atoms with van der Waals surface area (Å²) in [7, 11) is 1.73. The summed E-state index contributed by atoms with van der Waals surface area (Å²) >= 11 is 0. The van der Waals surface area contributed by atoms with Gasteiger partial charge < -0.3 is 4.74 Å². The van der Waals surface area contributed by atoms with Gasteiger partial charge >= 0.3 is 0 Å². The van der Waals surface area contributed by atoms with E-state index < -0.39 is 0 Å². The Morgan fingerprint density at radius 2 is 2.10 bits per heavy atom. The molecular weight excluding hydrogens is 250 g/mol. The number of methoxy groups -OCH3 is 1. The van der Waals surface area contributed by atoms with E-state index in [0.29, 0.717) is 5.92 Å². The van der Waals surface area contributed by atoms with Crippen LogP contribution in [0.2, 0.25) is 0 Å². The van der Waals surface area contributed by atoms with Gasteiger partial charge in [-0.3, -0.25) is 4.68 Å². The Hall–Kier alpha value is -1.84. The number of ether oxygens (including phenoxy) is 1. The summed E-state index contributed by atoms with van der Waals surface area (Å²) in [6, 6.07) is 6.22. The SMILES string of the molecule is CCC(Cc1cn(CC)nn1)c1c(C)cccc1OC. The molecule has 1 aromatic carbocycles. The Kier molecular flexibility index (Phi) is 4.77. The van der Waals surface area contributed by atoms with E-state index in [0.717, 1.165) is 30.8 Å². The summed E-state index contributed by atoms with van der Waals surface area (Å²) in [6.45, 7) is 7.28. The van der Waals surface area contributed by atoms with Gasteiger partial charge in [0.1, 0.15) is 5.75 Å². The summed E-state index contributed by atoms with van der Waals surface area (Å²) in [5.41, 5.74) is 3.62. The highest BCUT2D eigenvalue weighted by molar-refractivity contribution is 5.42. The van der Waals surface area contributed by atoms with Gasteiger partial charge in [-0.1, -0.05) is 24.3 Å². The fourth-order valence-corrected chi connectivity index (χ4v) is 2.64. The van der Waals surface area contributed by atoms with E-state index in [2.05, 4.69) is 37.1 Å². The monoisotopic (exact) mass is 273 g/mol. The lowest BCUT2D eigenvalue weighted by Gasteiger charge is -2.19. The molecule has 2 aromatic rings. The van der Waals surface area contributed by atoms with Crippen LogP contribution >= 0.6 is 0 Å². The molecule has 0 bridgehead atoms. The van der Waals surface area contributed by atoms with Crippen molar-refractivity contribution >= 4 is 0 Å². The lowest BCUT2D eigenvalue weighted by Crippen LogP contribution is -2.06. The second-order valence-electron chi connectivity index (χ2n) is 5.07. The minimum atomic E-state index is 0.410. The van der Waals surface area contributed by atoms with Crippen molar-refractivity contribution < 1.29 is 4.74 Å². The molecule has 0 aliphatic carbocycles. The van der Waals surface area contributed by atoms with Gasteiger partial charge in [-0.15, -0.1) is 5.10 Å². The second-order valence-corrected chi connectivity index (χ2v) is 5.07.